The summed E-state index contributed by atoms with van der Waals surface area (Å²) in [5, 5.41) is 0. The van der Waals surface area contributed by atoms with Crippen LogP contribution in [0.5, 0.6) is 0 Å². The Balaban J connectivity index is 3.41. The summed E-state index contributed by atoms with van der Waals surface area (Å²) in [6.07, 6.45) is 4.59. The second-order valence-corrected chi connectivity index (χ2v) is 6.99. The average molecular weight is 279 g/mol. The summed E-state index contributed by atoms with van der Waals surface area (Å²) in [6, 6.07) is 0. The smallest absolute Gasteiger partial charge is 0.302 e. The topological polar surface area (TPSA) is 26.3 Å². The first kappa shape index (κ1) is 14.9. The molecule has 0 spiro atoms. The summed E-state index contributed by atoms with van der Waals surface area (Å²) < 4.78 is 5.16. The third kappa shape index (κ3) is 11.9. The van der Waals surface area contributed by atoms with E-state index in [0.717, 1.165) is 6.42 Å². The lowest BCUT2D eigenvalue weighted by Crippen LogP contribution is -2.10. The normalized spacial score (nSPS) is 13.7. The minimum Gasteiger partial charge on any atom is -0.466 e. The van der Waals surface area contributed by atoms with E-state index in [0.29, 0.717) is 12.5 Å². The van der Waals surface area contributed by atoms with Crippen LogP contribution in [0.2, 0.25) is 0 Å². The second kappa shape index (κ2) is 7.26. The maximum Gasteiger partial charge on any atom is 0.302 e. The number of hydrogen-bond donors (Lipinski definition) is 0. The third-order valence-corrected chi connectivity index (χ3v) is 2.78. The molecule has 0 aliphatic rings. The van der Waals surface area contributed by atoms with E-state index in [4.69, 9.17) is 4.74 Å². The van der Waals surface area contributed by atoms with Gasteiger partial charge in [0.05, 0.1) is 6.61 Å². The first-order valence-corrected chi connectivity index (χ1v) is 6.43. The Hall–Kier alpha value is -0.0500. The van der Waals surface area contributed by atoms with Gasteiger partial charge in [-0.1, -0.05) is 49.5 Å². The Kier molecular flexibility index (Phi) is 7.24. The van der Waals surface area contributed by atoms with E-state index in [2.05, 4.69) is 36.7 Å². The minimum absolute atomic E-state index is 0.177. The molecule has 90 valence electrons. The van der Waals surface area contributed by atoms with Crippen LogP contribution in [0.1, 0.15) is 53.4 Å². The van der Waals surface area contributed by atoms with E-state index in [9.17, 15) is 4.79 Å². The number of carbonyl (C=O) groups is 1. The van der Waals surface area contributed by atoms with Gasteiger partial charge in [0.25, 0.3) is 0 Å². The number of rotatable bonds is 7. The van der Waals surface area contributed by atoms with Crippen LogP contribution in [0.3, 0.4) is 0 Å². The van der Waals surface area contributed by atoms with Crippen LogP contribution in [-0.4, -0.2) is 16.9 Å². The molecule has 0 aliphatic carbocycles. The molecule has 0 radical (unpaired) electrons. The molecule has 0 heterocycles. The molecule has 1 unspecified atom stereocenters. The highest BCUT2D eigenvalue weighted by Gasteiger charge is 2.12. The number of carbonyl (C=O) groups excluding carboxylic acids is 1. The van der Waals surface area contributed by atoms with Gasteiger partial charge in [-0.25, -0.2) is 0 Å². The van der Waals surface area contributed by atoms with E-state index in [1.165, 1.54) is 26.2 Å². The molecule has 0 rings (SSSR count). The third-order valence-electron chi connectivity index (χ3n) is 2.38. The SMILES string of the molecule is CC(=O)OCCC(C)CCCC(C)(C)Br. The summed E-state index contributed by atoms with van der Waals surface area (Å²) in [4.78, 5) is 10.5. The van der Waals surface area contributed by atoms with Crippen molar-refractivity contribution >= 4 is 21.9 Å². The number of hydrogen-bond acceptors (Lipinski definition) is 2. The molecule has 0 fully saturated rings. The van der Waals surface area contributed by atoms with Crippen LogP contribution in [0, 0.1) is 5.92 Å². The molecule has 1 atom stereocenters. The van der Waals surface area contributed by atoms with Crippen LogP contribution in [0.4, 0.5) is 0 Å². The fraction of sp³-hybridized carbons (Fsp3) is 0.917. The zero-order chi connectivity index (χ0) is 11.9. The second-order valence-electron chi connectivity index (χ2n) is 4.84. The van der Waals surface area contributed by atoms with Gasteiger partial charge in [-0.2, -0.15) is 0 Å². The Labute approximate surface area is 102 Å². The molecule has 0 aromatic carbocycles. The molecule has 3 heteroatoms. The fourth-order valence-corrected chi connectivity index (χ4v) is 1.70. The lowest BCUT2D eigenvalue weighted by Gasteiger charge is -2.17. The lowest BCUT2D eigenvalue weighted by molar-refractivity contribution is -0.141. The van der Waals surface area contributed by atoms with Crippen LogP contribution in [0.15, 0.2) is 0 Å². The van der Waals surface area contributed by atoms with Crippen LogP contribution >= 0.6 is 15.9 Å². The molecule has 15 heavy (non-hydrogen) atoms. The predicted molar refractivity (Wildman–Crippen MR) is 67.3 cm³/mol. The molecular weight excluding hydrogens is 256 g/mol. The van der Waals surface area contributed by atoms with E-state index >= 15 is 0 Å². The van der Waals surface area contributed by atoms with Gasteiger partial charge < -0.3 is 4.74 Å². The van der Waals surface area contributed by atoms with Gasteiger partial charge in [0.2, 0.25) is 0 Å². The van der Waals surface area contributed by atoms with Crippen molar-refractivity contribution in [2.45, 2.75) is 57.7 Å². The van der Waals surface area contributed by atoms with Crippen molar-refractivity contribution in [3.8, 4) is 0 Å². The maximum atomic E-state index is 10.5. The molecule has 0 amide bonds. The number of esters is 1. The Morgan fingerprint density at radius 2 is 2.00 bits per heavy atom. The van der Waals surface area contributed by atoms with Crippen molar-refractivity contribution in [3.63, 3.8) is 0 Å². The lowest BCUT2D eigenvalue weighted by atomic mass is 9.97. The molecule has 0 aliphatic heterocycles. The highest BCUT2D eigenvalue weighted by Crippen LogP contribution is 2.24. The molecule has 2 nitrogen and oxygen atoms in total. The quantitative estimate of drug-likeness (QED) is 0.521. The van der Waals surface area contributed by atoms with Crippen molar-refractivity contribution in [1.29, 1.82) is 0 Å². The van der Waals surface area contributed by atoms with Gasteiger partial charge in [-0.3, -0.25) is 4.79 Å². The van der Waals surface area contributed by atoms with Crippen molar-refractivity contribution < 1.29 is 9.53 Å². The summed E-state index contributed by atoms with van der Waals surface area (Å²) >= 11 is 3.63. The van der Waals surface area contributed by atoms with Crippen molar-refractivity contribution in [2.75, 3.05) is 6.61 Å². The van der Waals surface area contributed by atoms with Crippen molar-refractivity contribution in [2.24, 2.45) is 5.92 Å². The predicted octanol–water partition coefficient (Wildman–Crippen LogP) is 3.92. The van der Waals surface area contributed by atoms with Crippen molar-refractivity contribution in [3.05, 3.63) is 0 Å². The van der Waals surface area contributed by atoms with E-state index in [1.54, 1.807) is 0 Å². The fourth-order valence-electron chi connectivity index (χ4n) is 1.42. The minimum atomic E-state index is -0.177. The molecule has 0 bridgehead atoms. The summed E-state index contributed by atoms with van der Waals surface area (Å²) in [6.45, 7) is 8.62. The highest BCUT2D eigenvalue weighted by molar-refractivity contribution is 9.10. The first-order valence-electron chi connectivity index (χ1n) is 5.63. The average Bonchev–Trinajstić information content (AvgIpc) is 2.00. The van der Waals surface area contributed by atoms with Crippen LogP contribution < -0.4 is 0 Å². The van der Waals surface area contributed by atoms with Gasteiger partial charge >= 0.3 is 5.97 Å². The molecule has 0 aromatic rings. The Bertz CT molecular complexity index is 185. The van der Waals surface area contributed by atoms with Gasteiger partial charge in [-0.15, -0.1) is 0 Å². The standard InChI is InChI=1S/C12H23BrO2/c1-10(7-9-15-11(2)14)6-5-8-12(3,4)13/h10H,5-9H2,1-4H3. The van der Waals surface area contributed by atoms with Crippen molar-refractivity contribution in [1.82, 2.24) is 0 Å². The summed E-state index contributed by atoms with van der Waals surface area (Å²) in [7, 11) is 0. The highest BCUT2D eigenvalue weighted by atomic mass is 79.9. The van der Waals surface area contributed by atoms with Crippen LogP contribution in [0.25, 0.3) is 0 Å². The molecule has 0 saturated heterocycles. The molecular formula is C12H23BrO2. The molecule has 0 aromatic heterocycles. The monoisotopic (exact) mass is 278 g/mol. The van der Waals surface area contributed by atoms with Gasteiger partial charge in [0, 0.05) is 11.2 Å². The largest absolute Gasteiger partial charge is 0.466 e. The summed E-state index contributed by atoms with van der Waals surface area (Å²) in [5.74, 6) is 0.461. The number of ether oxygens (including phenoxy) is 1. The number of halogens is 1. The zero-order valence-electron chi connectivity index (χ0n) is 10.3. The summed E-state index contributed by atoms with van der Waals surface area (Å²) in [5.41, 5.74) is 0. The number of alkyl halides is 1. The van der Waals surface area contributed by atoms with Gasteiger partial charge in [0.15, 0.2) is 0 Å². The van der Waals surface area contributed by atoms with Gasteiger partial charge in [-0.05, 0) is 18.8 Å². The first-order chi connectivity index (χ1) is 6.81. The maximum absolute atomic E-state index is 10.5. The van der Waals surface area contributed by atoms with E-state index < -0.39 is 0 Å². The van der Waals surface area contributed by atoms with Gasteiger partial charge in [0.1, 0.15) is 0 Å². The Morgan fingerprint density at radius 1 is 1.40 bits per heavy atom. The van der Waals surface area contributed by atoms with E-state index in [-0.39, 0.29) is 10.3 Å². The van der Waals surface area contributed by atoms with Crippen LogP contribution in [-0.2, 0) is 9.53 Å². The molecule has 0 N–H and O–H groups in total. The van der Waals surface area contributed by atoms with E-state index in [1.807, 2.05) is 0 Å². The Morgan fingerprint density at radius 3 is 2.47 bits per heavy atom. The zero-order valence-corrected chi connectivity index (χ0v) is 11.9. The molecule has 0 saturated carbocycles.